The highest BCUT2D eigenvalue weighted by molar-refractivity contribution is 5.88. The number of ether oxygens (including phenoxy) is 1. The fourth-order valence-electron chi connectivity index (χ4n) is 1.11. The van der Waals surface area contributed by atoms with Crippen molar-refractivity contribution in [3.8, 4) is 0 Å². The molecular formula is C9H17N3O4. The van der Waals surface area contributed by atoms with E-state index in [1.165, 1.54) is 18.9 Å². The summed E-state index contributed by atoms with van der Waals surface area (Å²) in [5.41, 5.74) is 4.89. The van der Waals surface area contributed by atoms with Gasteiger partial charge in [-0.1, -0.05) is 0 Å². The highest BCUT2D eigenvalue weighted by atomic mass is 16.5. The summed E-state index contributed by atoms with van der Waals surface area (Å²) in [5, 5.41) is 2.24. The summed E-state index contributed by atoms with van der Waals surface area (Å²) in [6, 6.07) is -1.54. The van der Waals surface area contributed by atoms with Crippen molar-refractivity contribution >= 4 is 17.9 Å². The number of hydrogen-bond acceptors (Lipinski definition) is 4. The normalized spacial score (nSPS) is 11.4. The number of carbonyl (C=O) groups is 3. The molecule has 0 aliphatic heterocycles. The van der Waals surface area contributed by atoms with Crippen LogP contribution in [-0.2, 0) is 14.3 Å². The molecule has 3 amide bonds. The number of primary amides is 1. The summed E-state index contributed by atoms with van der Waals surface area (Å²) in [7, 11) is 1.24. The van der Waals surface area contributed by atoms with E-state index in [2.05, 4.69) is 10.1 Å². The smallest absolute Gasteiger partial charge is 0.325 e. The van der Waals surface area contributed by atoms with E-state index in [-0.39, 0.29) is 12.5 Å². The van der Waals surface area contributed by atoms with Crippen LogP contribution in [0.5, 0.6) is 0 Å². The molecule has 0 aromatic carbocycles. The second-order valence-electron chi connectivity index (χ2n) is 3.16. The van der Waals surface area contributed by atoms with E-state index in [0.717, 1.165) is 0 Å². The average Bonchev–Trinajstić information content (AvgIpc) is 2.23. The first-order chi connectivity index (χ1) is 7.42. The summed E-state index contributed by atoms with van der Waals surface area (Å²) in [4.78, 5) is 34.5. The molecule has 92 valence electrons. The molecule has 0 aromatic rings. The van der Waals surface area contributed by atoms with E-state index in [0.29, 0.717) is 6.54 Å². The second-order valence-corrected chi connectivity index (χ2v) is 3.16. The number of rotatable bonds is 5. The van der Waals surface area contributed by atoms with Gasteiger partial charge in [0.25, 0.3) is 0 Å². The van der Waals surface area contributed by atoms with Crippen molar-refractivity contribution in [3.05, 3.63) is 0 Å². The van der Waals surface area contributed by atoms with Gasteiger partial charge in [-0.3, -0.25) is 9.59 Å². The summed E-state index contributed by atoms with van der Waals surface area (Å²) >= 11 is 0. The molecule has 0 saturated carbocycles. The Morgan fingerprint density at radius 1 is 1.44 bits per heavy atom. The van der Waals surface area contributed by atoms with Crippen molar-refractivity contribution in [3.63, 3.8) is 0 Å². The fourth-order valence-corrected chi connectivity index (χ4v) is 1.11. The third-order valence-corrected chi connectivity index (χ3v) is 1.97. The number of nitrogens with two attached hydrogens (primary N) is 1. The Labute approximate surface area is 93.9 Å². The molecule has 7 heteroatoms. The monoisotopic (exact) mass is 231 g/mol. The fraction of sp³-hybridized carbons (Fsp3) is 0.667. The molecule has 0 aliphatic rings. The lowest BCUT2D eigenvalue weighted by Crippen LogP contribution is -2.49. The molecule has 7 nitrogen and oxygen atoms in total. The maximum atomic E-state index is 11.7. The summed E-state index contributed by atoms with van der Waals surface area (Å²) < 4.78 is 4.45. The summed E-state index contributed by atoms with van der Waals surface area (Å²) in [6.07, 6.45) is 0. The number of urea groups is 1. The van der Waals surface area contributed by atoms with Crippen LogP contribution in [0.3, 0.4) is 0 Å². The largest absolute Gasteiger partial charge is 0.468 e. The molecule has 0 aliphatic carbocycles. The molecule has 0 fully saturated rings. The van der Waals surface area contributed by atoms with E-state index in [9.17, 15) is 14.4 Å². The lowest BCUT2D eigenvalue weighted by Gasteiger charge is -2.23. The minimum Gasteiger partial charge on any atom is -0.468 e. The molecule has 1 unspecified atom stereocenters. The molecule has 0 rings (SSSR count). The van der Waals surface area contributed by atoms with Crippen molar-refractivity contribution in [2.24, 2.45) is 5.73 Å². The summed E-state index contributed by atoms with van der Waals surface area (Å²) in [5.74, 6) is -0.895. The highest BCUT2D eigenvalue weighted by Crippen LogP contribution is 1.96. The topological polar surface area (TPSA) is 102 Å². The lowest BCUT2D eigenvalue weighted by molar-refractivity contribution is -0.147. The standard InChI is InChI=1S/C9H17N3O4/c1-4-12(5-7(13)16-3)8(14)6(2)11-9(10)15/h6H,4-5H2,1-3H3,(H3,10,11,15). The molecule has 1 atom stereocenters. The molecule has 0 radical (unpaired) electrons. The van der Waals surface area contributed by atoms with E-state index < -0.39 is 18.0 Å². The van der Waals surface area contributed by atoms with Crippen LogP contribution in [0.15, 0.2) is 0 Å². The van der Waals surface area contributed by atoms with Crippen LogP contribution >= 0.6 is 0 Å². The average molecular weight is 231 g/mol. The van der Waals surface area contributed by atoms with Crippen LogP contribution in [0, 0.1) is 0 Å². The Morgan fingerprint density at radius 2 is 2.00 bits per heavy atom. The number of carbonyl (C=O) groups excluding carboxylic acids is 3. The predicted octanol–water partition coefficient (Wildman–Crippen LogP) is -0.935. The number of esters is 1. The zero-order valence-corrected chi connectivity index (χ0v) is 9.65. The minimum absolute atomic E-state index is 0.142. The van der Waals surface area contributed by atoms with Gasteiger partial charge in [0.1, 0.15) is 12.6 Å². The van der Waals surface area contributed by atoms with E-state index in [4.69, 9.17) is 5.73 Å². The molecular weight excluding hydrogens is 214 g/mol. The third-order valence-electron chi connectivity index (χ3n) is 1.97. The Balaban J connectivity index is 4.40. The molecule has 0 saturated heterocycles. The van der Waals surface area contributed by atoms with Crippen molar-refractivity contribution in [2.75, 3.05) is 20.2 Å². The van der Waals surface area contributed by atoms with Gasteiger partial charge in [0.05, 0.1) is 7.11 Å². The van der Waals surface area contributed by atoms with Crippen LogP contribution in [0.2, 0.25) is 0 Å². The number of methoxy groups -OCH3 is 1. The number of likely N-dealkylation sites (N-methyl/N-ethyl adjacent to an activating group) is 1. The van der Waals surface area contributed by atoms with Gasteiger partial charge in [0, 0.05) is 6.54 Å². The Hall–Kier alpha value is -1.79. The van der Waals surface area contributed by atoms with Crippen LogP contribution < -0.4 is 11.1 Å². The zero-order chi connectivity index (χ0) is 12.7. The number of nitrogens with one attached hydrogen (secondary N) is 1. The number of hydrogen-bond donors (Lipinski definition) is 2. The number of nitrogens with zero attached hydrogens (tertiary/aromatic N) is 1. The van der Waals surface area contributed by atoms with Crippen molar-refractivity contribution in [1.29, 1.82) is 0 Å². The van der Waals surface area contributed by atoms with Crippen LogP contribution in [0.25, 0.3) is 0 Å². The van der Waals surface area contributed by atoms with Crippen molar-refractivity contribution in [2.45, 2.75) is 19.9 Å². The maximum Gasteiger partial charge on any atom is 0.325 e. The number of amides is 3. The van der Waals surface area contributed by atoms with Crippen molar-refractivity contribution in [1.82, 2.24) is 10.2 Å². The first-order valence-electron chi connectivity index (χ1n) is 4.83. The minimum atomic E-state index is -0.782. The SMILES string of the molecule is CCN(CC(=O)OC)C(=O)C(C)NC(N)=O. The van der Waals surface area contributed by atoms with E-state index in [1.54, 1.807) is 6.92 Å². The molecule has 3 N–H and O–H groups in total. The predicted molar refractivity (Wildman–Crippen MR) is 56.5 cm³/mol. The quantitative estimate of drug-likeness (QED) is 0.596. The van der Waals surface area contributed by atoms with Gasteiger partial charge in [-0.05, 0) is 13.8 Å². The molecule has 16 heavy (non-hydrogen) atoms. The van der Waals surface area contributed by atoms with Gasteiger partial charge < -0.3 is 20.7 Å². The molecule has 0 spiro atoms. The lowest BCUT2D eigenvalue weighted by atomic mass is 10.3. The Bertz CT molecular complexity index is 280. The Kier molecular flexibility index (Phi) is 5.91. The first-order valence-corrected chi connectivity index (χ1v) is 4.83. The first kappa shape index (κ1) is 14.2. The maximum absolute atomic E-state index is 11.7. The summed E-state index contributed by atoms with van der Waals surface area (Å²) in [6.45, 7) is 3.42. The van der Waals surface area contributed by atoms with Gasteiger partial charge in [0.15, 0.2) is 0 Å². The van der Waals surface area contributed by atoms with E-state index >= 15 is 0 Å². The third kappa shape index (κ3) is 4.63. The zero-order valence-electron chi connectivity index (χ0n) is 9.65. The van der Waals surface area contributed by atoms with E-state index in [1.807, 2.05) is 0 Å². The van der Waals surface area contributed by atoms with Gasteiger partial charge >= 0.3 is 12.0 Å². The van der Waals surface area contributed by atoms with Crippen LogP contribution in [0.1, 0.15) is 13.8 Å². The van der Waals surface area contributed by atoms with Gasteiger partial charge in [-0.25, -0.2) is 4.79 Å². The van der Waals surface area contributed by atoms with Gasteiger partial charge in [-0.2, -0.15) is 0 Å². The van der Waals surface area contributed by atoms with Gasteiger partial charge in [-0.15, -0.1) is 0 Å². The molecule has 0 bridgehead atoms. The molecule has 0 aromatic heterocycles. The second kappa shape index (κ2) is 6.65. The van der Waals surface area contributed by atoms with Gasteiger partial charge in [0.2, 0.25) is 5.91 Å². The van der Waals surface area contributed by atoms with Crippen LogP contribution in [0.4, 0.5) is 4.79 Å². The molecule has 0 heterocycles. The Morgan fingerprint density at radius 3 is 2.38 bits per heavy atom. The highest BCUT2D eigenvalue weighted by Gasteiger charge is 2.22. The van der Waals surface area contributed by atoms with Crippen molar-refractivity contribution < 1.29 is 19.1 Å². The van der Waals surface area contributed by atoms with Crippen LogP contribution in [-0.4, -0.2) is 49.0 Å².